The first kappa shape index (κ1) is 15.4. The van der Waals surface area contributed by atoms with E-state index in [9.17, 15) is 13.2 Å². The van der Waals surface area contributed by atoms with Crippen LogP contribution in [0.2, 0.25) is 0 Å². The maximum absolute atomic E-state index is 13.3. The van der Waals surface area contributed by atoms with Crippen LogP contribution in [0.3, 0.4) is 0 Å². The molecule has 0 heterocycles. The Balaban J connectivity index is 2.16. The first-order valence-electron chi connectivity index (χ1n) is 7.40. The fourth-order valence-electron chi connectivity index (χ4n) is 3.15. The Hall–Kier alpha value is -1.03. The molecule has 0 amide bonds. The van der Waals surface area contributed by atoms with Gasteiger partial charge in [-0.2, -0.15) is 13.2 Å². The zero-order chi connectivity index (χ0) is 14.6. The van der Waals surface area contributed by atoms with E-state index in [2.05, 4.69) is 12.2 Å². The van der Waals surface area contributed by atoms with Crippen LogP contribution in [0.5, 0.6) is 0 Å². The van der Waals surface area contributed by atoms with Crippen molar-refractivity contribution in [2.24, 2.45) is 5.92 Å². The highest BCUT2D eigenvalue weighted by molar-refractivity contribution is 5.20. The number of nitrogens with one attached hydrogen (secondary N) is 1. The van der Waals surface area contributed by atoms with Crippen LogP contribution in [-0.2, 0) is 0 Å². The van der Waals surface area contributed by atoms with Crippen LogP contribution >= 0.6 is 0 Å². The Kier molecular flexibility index (Phi) is 5.08. The lowest BCUT2D eigenvalue weighted by Gasteiger charge is -2.35. The van der Waals surface area contributed by atoms with Crippen molar-refractivity contribution < 1.29 is 13.2 Å². The summed E-state index contributed by atoms with van der Waals surface area (Å²) in [5.74, 6) is 0.359. The molecule has 3 unspecified atom stereocenters. The van der Waals surface area contributed by atoms with Crippen molar-refractivity contribution in [3.05, 3.63) is 35.9 Å². The Morgan fingerprint density at radius 2 is 1.80 bits per heavy atom. The van der Waals surface area contributed by atoms with Gasteiger partial charge >= 0.3 is 6.18 Å². The summed E-state index contributed by atoms with van der Waals surface area (Å²) in [6.45, 7) is 2.07. The summed E-state index contributed by atoms with van der Waals surface area (Å²) < 4.78 is 40.0. The average Bonchev–Trinajstić information content (AvgIpc) is 2.45. The van der Waals surface area contributed by atoms with E-state index in [0.29, 0.717) is 11.5 Å². The molecule has 0 aromatic heterocycles. The van der Waals surface area contributed by atoms with Gasteiger partial charge in [0.15, 0.2) is 0 Å². The first-order valence-corrected chi connectivity index (χ1v) is 7.40. The molecule has 1 fully saturated rings. The quantitative estimate of drug-likeness (QED) is 0.834. The molecule has 1 aliphatic rings. The Labute approximate surface area is 118 Å². The van der Waals surface area contributed by atoms with E-state index < -0.39 is 12.2 Å². The topological polar surface area (TPSA) is 12.0 Å². The Bertz CT molecular complexity index is 402. The smallest absolute Gasteiger partial charge is 0.299 e. The molecule has 2 rings (SSSR count). The maximum atomic E-state index is 13.3. The van der Waals surface area contributed by atoms with Crippen LogP contribution in [-0.4, -0.2) is 12.2 Å². The summed E-state index contributed by atoms with van der Waals surface area (Å²) in [7, 11) is 0. The lowest BCUT2D eigenvalue weighted by molar-refractivity contribution is -0.161. The molecule has 1 saturated carbocycles. The first-order chi connectivity index (χ1) is 9.52. The molecular formula is C16H22F3N. The lowest BCUT2D eigenvalue weighted by Crippen LogP contribution is -2.45. The van der Waals surface area contributed by atoms with Crippen molar-refractivity contribution in [2.75, 3.05) is 0 Å². The minimum absolute atomic E-state index is 0.0272. The minimum atomic E-state index is -4.25. The summed E-state index contributed by atoms with van der Waals surface area (Å²) in [5.41, 5.74) is 0.306. The van der Waals surface area contributed by atoms with E-state index in [1.54, 1.807) is 30.3 Å². The second-order valence-electron chi connectivity index (χ2n) is 5.61. The van der Waals surface area contributed by atoms with Gasteiger partial charge in [-0.15, -0.1) is 0 Å². The van der Waals surface area contributed by atoms with Crippen LogP contribution in [0.25, 0.3) is 0 Å². The van der Waals surface area contributed by atoms with Crippen molar-refractivity contribution in [3.63, 3.8) is 0 Å². The zero-order valence-corrected chi connectivity index (χ0v) is 11.8. The molecule has 1 nitrogen and oxygen atoms in total. The van der Waals surface area contributed by atoms with Crippen LogP contribution < -0.4 is 5.32 Å². The average molecular weight is 285 g/mol. The van der Waals surface area contributed by atoms with Crippen molar-refractivity contribution in [1.29, 1.82) is 0 Å². The van der Waals surface area contributed by atoms with Crippen molar-refractivity contribution >= 4 is 0 Å². The minimum Gasteiger partial charge on any atom is -0.299 e. The van der Waals surface area contributed by atoms with Gasteiger partial charge in [0.25, 0.3) is 0 Å². The van der Waals surface area contributed by atoms with E-state index in [4.69, 9.17) is 0 Å². The normalized spacial score (nSPS) is 25.4. The second kappa shape index (κ2) is 6.61. The zero-order valence-electron chi connectivity index (χ0n) is 11.8. The second-order valence-corrected chi connectivity index (χ2v) is 5.61. The molecule has 0 bridgehead atoms. The maximum Gasteiger partial charge on any atom is 0.407 e. The molecule has 0 radical (unpaired) electrons. The van der Waals surface area contributed by atoms with Crippen LogP contribution in [0.15, 0.2) is 30.3 Å². The fourth-order valence-corrected chi connectivity index (χ4v) is 3.15. The predicted octanol–water partition coefficient (Wildman–Crippen LogP) is 4.85. The molecule has 1 N–H and O–H groups in total. The summed E-state index contributed by atoms with van der Waals surface area (Å²) in [5, 5.41) is 2.89. The molecule has 0 saturated heterocycles. The number of alkyl halides is 3. The van der Waals surface area contributed by atoms with Gasteiger partial charge in [-0.05, 0) is 24.3 Å². The van der Waals surface area contributed by atoms with Gasteiger partial charge in [0.2, 0.25) is 0 Å². The van der Waals surface area contributed by atoms with Crippen molar-refractivity contribution in [3.8, 4) is 0 Å². The number of hydrogen-bond acceptors (Lipinski definition) is 1. The van der Waals surface area contributed by atoms with Gasteiger partial charge in [0, 0.05) is 6.04 Å². The van der Waals surface area contributed by atoms with Gasteiger partial charge in [-0.25, -0.2) is 0 Å². The van der Waals surface area contributed by atoms with Gasteiger partial charge in [-0.3, -0.25) is 5.32 Å². The highest BCUT2D eigenvalue weighted by Gasteiger charge is 2.42. The van der Waals surface area contributed by atoms with E-state index >= 15 is 0 Å². The monoisotopic (exact) mass is 285 g/mol. The van der Waals surface area contributed by atoms with E-state index in [1.807, 2.05) is 0 Å². The third-order valence-electron chi connectivity index (χ3n) is 4.27. The lowest BCUT2D eigenvalue weighted by atomic mass is 9.82. The summed E-state index contributed by atoms with van der Waals surface area (Å²) >= 11 is 0. The molecule has 0 aliphatic heterocycles. The van der Waals surface area contributed by atoms with Gasteiger partial charge < -0.3 is 0 Å². The fraction of sp³-hybridized carbons (Fsp3) is 0.625. The van der Waals surface area contributed by atoms with Crippen LogP contribution in [0, 0.1) is 5.92 Å². The third-order valence-corrected chi connectivity index (χ3v) is 4.27. The Morgan fingerprint density at radius 1 is 1.15 bits per heavy atom. The Morgan fingerprint density at radius 3 is 2.40 bits per heavy atom. The highest BCUT2D eigenvalue weighted by atomic mass is 19.4. The predicted molar refractivity (Wildman–Crippen MR) is 74.4 cm³/mol. The molecule has 1 aliphatic carbocycles. The van der Waals surface area contributed by atoms with Gasteiger partial charge in [0.05, 0.1) is 0 Å². The van der Waals surface area contributed by atoms with Crippen LogP contribution in [0.4, 0.5) is 13.2 Å². The molecule has 20 heavy (non-hydrogen) atoms. The summed E-state index contributed by atoms with van der Waals surface area (Å²) in [4.78, 5) is 0. The molecule has 112 valence electrons. The molecule has 0 spiro atoms. The number of halogens is 3. The van der Waals surface area contributed by atoms with Gasteiger partial charge in [0.1, 0.15) is 6.04 Å². The van der Waals surface area contributed by atoms with Crippen molar-refractivity contribution in [1.82, 2.24) is 5.32 Å². The molecule has 1 aromatic carbocycles. The third kappa shape index (κ3) is 3.75. The molecule has 1 aromatic rings. The summed E-state index contributed by atoms with van der Waals surface area (Å²) in [6.07, 6.45) is 0.728. The van der Waals surface area contributed by atoms with E-state index in [-0.39, 0.29) is 6.04 Å². The number of rotatable bonds is 4. The van der Waals surface area contributed by atoms with Crippen LogP contribution in [0.1, 0.15) is 50.6 Å². The van der Waals surface area contributed by atoms with Crippen molar-refractivity contribution in [2.45, 2.75) is 57.3 Å². The van der Waals surface area contributed by atoms with E-state index in [0.717, 1.165) is 32.1 Å². The SMILES string of the molecule is CCC1CCCCC1NC(c1ccccc1)C(F)(F)F. The number of hydrogen-bond donors (Lipinski definition) is 1. The number of benzene rings is 1. The highest BCUT2D eigenvalue weighted by Crippen LogP contribution is 2.36. The van der Waals surface area contributed by atoms with Gasteiger partial charge in [-0.1, -0.05) is 56.5 Å². The molecule has 4 heteroatoms. The standard InChI is InChI=1S/C16H22F3N/c1-2-12-8-6-7-11-14(12)20-15(16(17,18)19)13-9-4-3-5-10-13/h3-5,9-10,12,14-15,20H,2,6-8,11H2,1H3. The van der Waals surface area contributed by atoms with E-state index in [1.165, 1.54) is 0 Å². The largest absolute Gasteiger partial charge is 0.407 e. The summed E-state index contributed by atoms with van der Waals surface area (Å²) in [6, 6.07) is 6.58. The molecular weight excluding hydrogens is 263 g/mol. The molecule has 3 atom stereocenters.